The minimum Gasteiger partial charge on any atom is -0.466 e. The van der Waals surface area contributed by atoms with Crippen LogP contribution < -0.4 is 16.1 Å². The molecule has 1 amide bonds. The molecule has 1 saturated heterocycles. The highest BCUT2D eigenvalue weighted by Crippen LogP contribution is 2.26. The molecular formula is C27H32N6O4. The van der Waals surface area contributed by atoms with Crippen LogP contribution in [0.5, 0.6) is 0 Å². The summed E-state index contributed by atoms with van der Waals surface area (Å²) >= 11 is 0. The average Bonchev–Trinajstić information content (AvgIpc) is 3.51. The molecule has 10 nitrogen and oxygen atoms in total. The van der Waals surface area contributed by atoms with Gasteiger partial charge in [0.15, 0.2) is 5.65 Å². The third kappa shape index (κ3) is 4.76. The maximum Gasteiger partial charge on any atom is 0.307 e. The number of esters is 1. The SMILES string of the molecule is CCOC(=O)CCNc1ccc2c(=O)c(C(=O)NCCN3CCCC3)c3n(C)c4ccccc4n3c2n1. The Labute approximate surface area is 214 Å². The third-order valence-electron chi connectivity index (χ3n) is 6.88. The largest absolute Gasteiger partial charge is 0.466 e. The Hall–Kier alpha value is -3.92. The van der Waals surface area contributed by atoms with Crippen molar-refractivity contribution in [3.8, 4) is 0 Å². The average molecular weight is 505 g/mol. The number of anilines is 1. The van der Waals surface area contributed by atoms with Crippen LogP contribution in [-0.4, -0.2) is 70.1 Å². The summed E-state index contributed by atoms with van der Waals surface area (Å²) in [7, 11) is 1.85. The predicted molar refractivity (Wildman–Crippen MR) is 143 cm³/mol. The zero-order chi connectivity index (χ0) is 25.9. The highest BCUT2D eigenvalue weighted by atomic mass is 16.5. The molecule has 0 atom stereocenters. The molecule has 3 aromatic heterocycles. The Balaban J connectivity index is 1.56. The number of likely N-dealkylation sites (tertiary alicyclic amines) is 1. The fraction of sp³-hybridized carbons (Fsp3) is 0.407. The van der Waals surface area contributed by atoms with Gasteiger partial charge < -0.3 is 24.8 Å². The van der Waals surface area contributed by atoms with Crippen LogP contribution in [0.25, 0.3) is 27.7 Å². The molecule has 1 aliphatic rings. The number of aryl methyl sites for hydroxylation is 1. The number of imidazole rings is 1. The number of pyridine rings is 2. The second-order valence-electron chi connectivity index (χ2n) is 9.26. The van der Waals surface area contributed by atoms with E-state index in [4.69, 9.17) is 9.72 Å². The van der Waals surface area contributed by atoms with Crippen LogP contribution in [0.1, 0.15) is 36.5 Å². The molecule has 1 fully saturated rings. The van der Waals surface area contributed by atoms with Gasteiger partial charge in [-0.25, -0.2) is 4.98 Å². The van der Waals surface area contributed by atoms with Crippen molar-refractivity contribution < 1.29 is 14.3 Å². The Bertz CT molecular complexity index is 1530. The van der Waals surface area contributed by atoms with Gasteiger partial charge in [0.25, 0.3) is 5.91 Å². The van der Waals surface area contributed by atoms with Gasteiger partial charge in [0.1, 0.15) is 17.0 Å². The summed E-state index contributed by atoms with van der Waals surface area (Å²) in [6.45, 7) is 5.79. The lowest BCUT2D eigenvalue weighted by atomic mass is 10.1. The summed E-state index contributed by atoms with van der Waals surface area (Å²) in [6.07, 6.45) is 2.57. The summed E-state index contributed by atoms with van der Waals surface area (Å²) in [5.41, 5.74) is 2.41. The number of hydrogen-bond donors (Lipinski definition) is 2. The summed E-state index contributed by atoms with van der Waals surface area (Å²) in [4.78, 5) is 45.9. The minimum atomic E-state index is -0.383. The van der Waals surface area contributed by atoms with E-state index in [1.54, 1.807) is 19.1 Å². The zero-order valence-electron chi connectivity index (χ0n) is 21.2. The number of nitrogens with zero attached hydrogens (tertiary/aromatic N) is 4. The van der Waals surface area contributed by atoms with E-state index in [1.807, 2.05) is 40.3 Å². The smallest absolute Gasteiger partial charge is 0.307 e. The van der Waals surface area contributed by atoms with Crippen LogP contribution >= 0.6 is 0 Å². The van der Waals surface area contributed by atoms with Crippen LogP contribution in [0, 0.1) is 0 Å². The number of fused-ring (bicyclic) bond motifs is 5. The minimum absolute atomic E-state index is 0.109. The van der Waals surface area contributed by atoms with E-state index in [9.17, 15) is 14.4 Å². The maximum absolute atomic E-state index is 13.7. The van der Waals surface area contributed by atoms with E-state index in [-0.39, 0.29) is 29.3 Å². The first kappa shape index (κ1) is 24.8. The number of carbonyl (C=O) groups excluding carboxylic acids is 2. The lowest BCUT2D eigenvalue weighted by molar-refractivity contribution is -0.142. The number of aromatic nitrogens is 3. The molecule has 5 rings (SSSR count). The van der Waals surface area contributed by atoms with Gasteiger partial charge in [-0.1, -0.05) is 12.1 Å². The van der Waals surface area contributed by atoms with Gasteiger partial charge in [-0.05, 0) is 57.1 Å². The quantitative estimate of drug-likeness (QED) is 0.337. The molecule has 0 saturated carbocycles. The van der Waals surface area contributed by atoms with Gasteiger partial charge in [0.05, 0.1) is 29.4 Å². The first-order valence-corrected chi connectivity index (χ1v) is 12.8. The maximum atomic E-state index is 13.7. The third-order valence-corrected chi connectivity index (χ3v) is 6.88. The summed E-state index contributed by atoms with van der Waals surface area (Å²) in [6, 6.07) is 11.1. The van der Waals surface area contributed by atoms with Gasteiger partial charge in [-0.3, -0.25) is 18.8 Å². The fourth-order valence-corrected chi connectivity index (χ4v) is 5.09. The van der Waals surface area contributed by atoms with Crippen molar-refractivity contribution in [3.05, 3.63) is 52.2 Å². The van der Waals surface area contributed by atoms with E-state index in [1.165, 1.54) is 12.8 Å². The number of ether oxygens (including phenoxy) is 1. The summed E-state index contributed by atoms with van der Waals surface area (Å²) in [5, 5.41) is 6.47. The first-order chi connectivity index (χ1) is 18.0. The topological polar surface area (TPSA) is 110 Å². The fourth-order valence-electron chi connectivity index (χ4n) is 5.09. The Morgan fingerprint density at radius 1 is 1.05 bits per heavy atom. The van der Waals surface area contributed by atoms with E-state index >= 15 is 0 Å². The Kier molecular flexibility index (Phi) is 7.09. The van der Waals surface area contributed by atoms with Crippen LogP contribution in [-0.2, 0) is 16.6 Å². The van der Waals surface area contributed by atoms with Gasteiger partial charge in [-0.2, -0.15) is 0 Å². The molecule has 37 heavy (non-hydrogen) atoms. The molecule has 10 heteroatoms. The standard InChI is InChI=1S/C27H32N6O4/c1-3-37-22(34)12-13-28-21-11-10-18-24(35)23(26(36)29-14-17-32-15-6-7-16-32)27-31(2)19-8-4-5-9-20(19)33(27)25(18)30-21/h4-5,8-11H,3,6-7,12-17H2,1-2H3,(H,28,30)(H,29,36). The molecular weight excluding hydrogens is 472 g/mol. The van der Waals surface area contributed by atoms with Crippen LogP contribution in [0.2, 0.25) is 0 Å². The molecule has 0 aliphatic carbocycles. The Morgan fingerprint density at radius 2 is 1.81 bits per heavy atom. The lowest BCUT2D eigenvalue weighted by Crippen LogP contribution is -2.36. The second kappa shape index (κ2) is 10.6. The number of amides is 1. The highest BCUT2D eigenvalue weighted by Gasteiger charge is 2.24. The van der Waals surface area contributed by atoms with Crippen molar-refractivity contribution in [1.29, 1.82) is 0 Å². The summed E-state index contributed by atoms with van der Waals surface area (Å²) < 4.78 is 8.72. The zero-order valence-corrected chi connectivity index (χ0v) is 21.2. The molecule has 1 aliphatic heterocycles. The monoisotopic (exact) mass is 504 g/mol. The van der Waals surface area contributed by atoms with E-state index < -0.39 is 0 Å². The van der Waals surface area contributed by atoms with Crippen molar-refractivity contribution >= 4 is 45.4 Å². The van der Waals surface area contributed by atoms with Gasteiger partial charge in [0.2, 0.25) is 5.43 Å². The second-order valence-corrected chi connectivity index (χ2v) is 9.26. The van der Waals surface area contributed by atoms with E-state index in [0.717, 1.165) is 30.7 Å². The summed E-state index contributed by atoms with van der Waals surface area (Å²) in [5.74, 6) is -0.143. The molecule has 0 unspecified atom stereocenters. The van der Waals surface area contributed by atoms with Crippen molar-refractivity contribution in [2.24, 2.45) is 7.05 Å². The highest BCUT2D eigenvalue weighted by molar-refractivity contribution is 6.05. The van der Waals surface area contributed by atoms with E-state index in [2.05, 4.69) is 15.5 Å². The number of hydrogen-bond acceptors (Lipinski definition) is 7. The van der Waals surface area contributed by atoms with Crippen molar-refractivity contribution in [2.45, 2.75) is 26.2 Å². The Morgan fingerprint density at radius 3 is 2.57 bits per heavy atom. The van der Waals surface area contributed by atoms with Crippen molar-refractivity contribution in [1.82, 2.24) is 24.2 Å². The predicted octanol–water partition coefficient (Wildman–Crippen LogP) is 2.53. The number of carbonyl (C=O) groups is 2. The molecule has 0 radical (unpaired) electrons. The van der Waals surface area contributed by atoms with Gasteiger partial charge in [0, 0.05) is 26.7 Å². The molecule has 4 heterocycles. The van der Waals surface area contributed by atoms with Gasteiger partial charge >= 0.3 is 5.97 Å². The number of nitrogens with one attached hydrogen (secondary N) is 2. The number of para-hydroxylation sites is 2. The molecule has 0 bridgehead atoms. The lowest BCUT2D eigenvalue weighted by Gasteiger charge is -2.15. The number of benzene rings is 1. The first-order valence-electron chi connectivity index (χ1n) is 12.8. The normalized spacial score (nSPS) is 14.0. The number of rotatable bonds is 9. The molecule has 4 aromatic rings. The molecule has 0 spiro atoms. The molecule has 2 N–H and O–H groups in total. The van der Waals surface area contributed by atoms with E-state index in [0.29, 0.717) is 42.2 Å². The van der Waals surface area contributed by atoms with Crippen LogP contribution in [0.3, 0.4) is 0 Å². The van der Waals surface area contributed by atoms with Crippen molar-refractivity contribution in [3.63, 3.8) is 0 Å². The molecule has 1 aromatic carbocycles. The van der Waals surface area contributed by atoms with Crippen molar-refractivity contribution in [2.75, 3.05) is 44.6 Å². The van der Waals surface area contributed by atoms with Gasteiger partial charge in [-0.15, -0.1) is 0 Å². The molecule has 194 valence electrons. The van der Waals surface area contributed by atoms with Crippen LogP contribution in [0.15, 0.2) is 41.2 Å². The van der Waals surface area contributed by atoms with Crippen LogP contribution in [0.4, 0.5) is 5.82 Å².